The smallest absolute Gasteiger partial charge is 0.227 e. The van der Waals surface area contributed by atoms with Gasteiger partial charge in [-0.15, -0.1) is 0 Å². The maximum absolute atomic E-state index is 7.38. The second-order valence-corrected chi connectivity index (χ2v) is 9.33. The molecule has 0 radical (unpaired) electrons. The second-order valence-electron chi connectivity index (χ2n) is 9.33. The molecule has 0 aliphatic carbocycles. The Kier molecular flexibility index (Phi) is 5.45. The number of benzene rings is 5. The average molecular weight is 426 g/mol. The quantitative estimate of drug-likeness (QED) is 0.195. The first-order chi connectivity index (χ1) is 16.1. The molecule has 0 saturated heterocycles. The largest absolute Gasteiger partial charge is 0.311 e. The Morgan fingerprint density at radius 2 is 1.00 bits per heavy atom. The molecule has 0 aliphatic heterocycles. The predicted molar refractivity (Wildman–Crippen MR) is 141 cm³/mol. The van der Waals surface area contributed by atoms with Crippen molar-refractivity contribution in [3.05, 3.63) is 120 Å². The summed E-state index contributed by atoms with van der Waals surface area (Å²) in [5.41, 5.74) is 6.03. The van der Waals surface area contributed by atoms with Gasteiger partial charge in [-0.25, -0.2) is 6.57 Å². The van der Waals surface area contributed by atoms with Gasteiger partial charge in [0.1, 0.15) is 0 Å². The lowest BCUT2D eigenvalue weighted by Gasteiger charge is -2.18. The van der Waals surface area contributed by atoms with Gasteiger partial charge in [-0.05, 0) is 55.8 Å². The summed E-state index contributed by atoms with van der Waals surface area (Å²) in [4.78, 5) is 3.75. The van der Waals surface area contributed by atoms with Gasteiger partial charge in [0.15, 0.2) is 0 Å². The van der Waals surface area contributed by atoms with Crippen LogP contribution in [0.4, 0.5) is 0 Å². The molecule has 0 fully saturated rings. The van der Waals surface area contributed by atoms with E-state index >= 15 is 0 Å². The van der Waals surface area contributed by atoms with Gasteiger partial charge in [0, 0.05) is 20.3 Å². The molecule has 0 heterocycles. The summed E-state index contributed by atoms with van der Waals surface area (Å²) in [6, 6.07) is 37.2. The first-order valence-corrected chi connectivity index (χ1v) is 11.5. The van der Waals surface area contributed by atoms with Crippen LogP contribution >= 0.6 is 0 Å². The van der Waals surface area contributed by atoms with Crippen LogP contribution in [0.15, 0.2) is 103 Å². The summed E-state index contributed by atoms with van der Waals surface area (Å²) in [5.74, 6) is 0. The van der Waals surface area contributed by atoms with Crippen molar-refractivity contribution in [2.24, 2.45) is 0 Å². The van der Waals surface area contributed by atoms with Gasteiger partial charge < -0.3 is 4.85 Å². The third kappa shape index (κ3) is 4.01. The molecule has 5 rings (SSSR count). The van der Waals surface area contributed by atoms with E-state index in [9.17, 15) is 0 Å². The number of aryl methyl sites for hydroxylation is 1. The summed E-state index contributed by atoms with van der Waals surface area (Å²) in [7, 11) is 0. The minimum atomic E-state index is -0.307. The molecular formula is C32H27N. The first kappa shape index (κ1) is 21.0. The minimum Gasteiger partial charge on any atom is -0.311 e. The molecule has 0 atom stereocenters. The van der Waals surface area contributed by atoms with E-state index in [2.05, 4.69) is 108 Å². The molecule has 0 aliphatic rings. The van der Waals surface area contributed by atoms with E-state index in [1.54, 1.807) is 0 Å². The number of rotatable bonds is 5. The summed E-state index contributed by atoms with van der Waals surface area (Å²) < 4.78 is 0. The second kappa shape index (κ2) is 8.57. The molecule has 1 nitrogen and oxygen atoms in total. The van der Waals surface area contributed by atoms with Gasteiger partial charge in [-0.2, -0.15) is 0 Å². The van der Waals surface area contributed by atoms with Gasteiger partial charge >= 0.3 is 0 Å². The Balaban J connectivity index is 1.69. The Hall–Kier alpha value is -3.89. The first-order valence-electron chi connectivity index (χ1n) is 11.5. The molecule has 1 heteroatoms. The van der Waals surface area contributed by atoms with Crippen LogP contribution < -0.4 is 0 Å². The maximum Gasteiger partial charge on any atom is 0.227 e. The van der Waals surface area contributed by atoms with E-state index in [0.717, 1.165) is 12.8 Å². The number of nitrogens with zero attached hydrogens (tertiary/aromatic N) is 1. The van der Waals surface area contributed by atoms with E-state index < -0.39 is 0 Å². The van der Waals surface area contributed by atoms with Crippen LogP contribution in [0.5, 0.6) is 0 Å². The van der Waals surface area contributed by atoms with E-state index in [4.69, 9.17) is 6.57 Å². The van der Waals surface area contributed by atoms with Gasteiger partial charge in [0.25, 0.3) is 0 Å². The maximum atomic E-state index is 7.38. The monoisotopic (exact) mass is 425 g/mol. The standard InChI is InChI=1S/C32H27N/c1-32(2,33-3)22-21-23-17-19-25(20-18-23)31-28-15-9-7-13-26(28)30(24-11-5-4-6-12-24)27-14-8-10-16-29(27)31/h4-20H,21-22H2,1-2H3. The highest BCUT2D eigenvalue weighted by Gasteiger charge is 2.22. The molecule has 0 N–H and O–H groups in total. The molecule has 0 saturated carbocycles. The van der Waals surface area contributed by atoms with Crippen LogP contribution in [0.3, 0.4) is 0 Å². The summed E-state index contributed by atoms with van der Waals surface area (Å²) in [6.45, 7) is 11.4. The molecule has 5 aromatic carbocycles. The molecule has 33 heavy (non-hydrogen) atoms. The molecule has 0 bridgehead atoms. The average Bonchev–Trinajstić information content (AvgIpc) is 2.87. The Morgan fingerprint density at radius 3 is 1.45 bits per heavy atom. The normalized spacial score (nSPS) is 11.5. The van der Waals surface area contributed by atoms with Crippen LogP contribution in [-0.2, 0) is 6.42 Å². The van der Waals surface area contributed by atoms with Crippen LogP contribution in [0.1, 0.15) is 25.8 Å². The number of hydrogen-bond donors (Lipinski definition) is 0. The third-order valence-corrected chi connectivity index (χ3v) is 6.56. The Bertz CT molecular complexity index is 1410. The van der Waals surface area contributed by atoms with Crippen LogP contribution in [0.2, 0.25) is 0 Å². The zero-order valence-corrected chi connectivity index (χ0v) is 19.2. The molecule has 0 aromatic heterocycles. The lowest BCUT2D eigenvalue weighted by atomic mass is 9.85. The summed E-state index contributed by atoms with van der Waals surface area (Å²) >= 11 is 0. The molecule has 0 unspecified atom stereocenters. The topological polar surface area (TPSA) is 4.36 Å². The SMILES string of the molecule is [C-]#[N+]C(C)(C)CCc1ccc(-c2c3ccccc3c(-c3ccccc3)c3ccccc23)cc1. The van der Waals surface area contributed by atoms with Crippen molar-refractivity contribution in [3.8, 4) is 22.3 Å². The zero-order valence-electron chi connectivity index (χ0n) is 19.2. The van der Waals surface area contributed by atoms with Crippen molar-refractivity contribution >= 4 is 21.5 Å². The highest BCUT2D eigenvalue weighted by Crippen LogP contribution is 2.43. The van der Waals surface area contributed by atoms with Gasteiger partial charge in [-0.1, -0.05) is 103 Å². The Labute approximate surface area is 196 Å². The van der Waals surface area contributed by atoms with Crippen molar-refractivity contribution in [1.82, 2.24) is 0 Å². The fourth-order valence-corrected chi connectivity index (χ4v) is 4.70. The Morgan fingerprint density at radius 1 is 0.576 bits per heavy atom. The summed E-state index contributed by atoms with van der Waals surface area (Å²) in [6.07, 6.45) is 1.79. The van der Waals surface area contributed by atoms with Gasteiger partial charge in [-0.3, -0.25) is 0 Å². The van der Waals surface area contributed by atoms with Crippen LogP contribution in [0.25, 0.3) is 48.6 Å². The number of hydrogen-bond acceptors (Lipinski definition) is 0. The van der Waals surface area contributed by atoms with E-state index in [1.165, 1.54) is 49.4 Å². The van der Waals surface area contributed by atoms with Gasteiger partial charge in [0.05, 0.1) is 0 Å². The highest BCUT2D eigenvalue weighted by atomic mass is 14.8. The highest BCUT2D eigenvalue weighted by molar-refractivity contribution is 6.21. The molecule has 160 valence electrons. The van der Waals surface area contributed by atoms with Crippen molar-refractivity contribution in [2.75, 3.05) is 0 Å². The molecule has 5 aromatic rings. The van der Waals surface area contributed by atoms with Gasteiger partial charge in [0.2, 0.25) is 5.54 Å². The predicted octanol–water partition coefficient (Wildman–Crippen LogP) is 8.96. The lowest BCUT2D eigenvalue weighted by Crippen LogP contribution is -2.14. The molecule has 0 amide bonds. The van der Waals surface area contributed by atoms with E-state index in [0.29, 0.717) is 0 Å². The fraction of sp³-hybridized carbons (Fsp3) is 0.156. The zero-order chi connectivity index (χ0) is 22.8. The van der Waals surface area contributed by atoms with Crippen LogP contribution in [0, 0.1) is 6.57 Å². The molecule has 0 spiro atoms. The third-order valence-electron chi connectivity index (χ3n) is 6.56. The number of fused-ring (bicyclic) bond motifs is 2. The van der Waals surface area contributed by atoms with Crippen molar-refractivity contribution in [3.63, 3.8) is 0 Å². The fourth-order valence-electron chi connectivity index (χ4n) is 4.70. The summed E-state index contributed by atoms with van der Waals surface area (Å²) in [5, 5.41) is 5.11. The minimum absolute atomic E-state index is 0.307. The van der Waals surface area contributed by atoms with Crippen LogP contribution in [-0.4, -0.2) is 5.54 Å². The van der Waals surface area contributed by atoms with E-state index in [1.807, 2.05) is 13.8 Å². The van der Waals surface area contributed by atoms with Crippen molar-refractivity contribution in [2.45, 2.75) is 32.2 Å². The van der Waals surface area contributed by atoms with Crippen molar-refractivity contribution in [1.29, 1.82) is 0 Å². The molecular weight excluding hydrogens is 398 g/mol. The lowest BCUT2D eigenvalue weighted by molar-refractivity contribution is 0.557. The van der Waals surface area contributed by atoms with E-state index in [-0.39, 0.29) is 5.54 Å². The van der Waals surface area contributed by atoms with Crippen molar-refractivity contribution < 1.29 is 0 Å².